The Morgan fingerprint density at radius 2 is 1.92 bits per heavy atom. The Bertz CT molecular complexity index is 722. The van der Waals surface area contributed by atoms with E-state index in [-0.39, 0.29) is 0 Å². The zero-order chi connectivity index (χ0) is 16.9. The number of hydrogen-bond acceptors (Lipinski definition) is 3. The van der Waals surface area contributed by atoms with E-state index in [1.807, 2.05) is 24.4 Å². The van der Waals surface area contributed by atoms with Crippen molar-refractivity contribution in [3.8, 4) is 0 Å². The number of allylic oxidation sites excluding steroid dienone is 1. The maximum absolute atomic E-state index is 10.9. The quantitative estimate of drug-likeness (QED) is 0.804. The molecule has 0 spiro atoms. The van der Waals surface area contributed by atoms with Crippen LogP contribution < -0.4 is 0 Å². The number of carboxylic acid groups (broad SMARTS) is 1. The number of halogens is 1. The number of rotatable bonds is 1. The number of aromatic nitrogens is 2. The third kappa shape index (κ3) is 4.00. The van der Waals surface area contributed by atoms with E-state index in [2.05, 4.69) is 38.0 Å². The van der Waals surface area contributed by atoms with Gasteiger partial charge in [-0.3, -0.25) is 9.97 Å². The van der Waals surface area contributed by atoms with E-state index in [1.165, 1.54) is 16.0 Å². The monoisotopic (exact) mass is 387 g/mol. The number of likely N-dealkylation sites (tertiary alicyclic amines) is 1. The van der Waals surface area contributed by atoms with Crippen LogP contribution in [0.3, 0.4) is 0 Å². The summed E-state index contributed by atoms with van der Waals surface area (Å²) in [6.45, 7) is 1.31. The predicted molar refractivity (Wildman–Crippen MR) is 95.3 cm³/mol. The summed E-state index contributed by atoms with van der Waals surface area (Å²) in [5, 5.41) is 8.95. The molecule has 5 nitrogen and oxygen atoms in total. The molecule has 124 valence electrons. The van der Waals surface area contributed by atoms with E-state index in [0.29, 0.717) is 24.9 Å². The zero-order valence-corrected chi connectivity index (χ0v) is 14.6. The fourth-order valence-electron chi connectivity index (χ4n) is 3.18. The van der Waals surface area contributed by atoms with Gasteiger partial charge in [-0.1, -0.05) is 12.1 Å². The molecule has 6 heteroatoms. The maximum Gasteiger partial charge on any atom is 0.407 e. The van der Waals surface area contributed by atoms with Crippen molar-refractivity contribution >= 4 is 27.6 Å². The minimum absolute atomic E-state index is 0.390. The van der Waals surface area contributed by atoms with Crippen molar-refractivity contribution < 1.29 is 9.90 Å². The molecule has 3 heterocycles. The number of fused-ring (bicyclic) bond motifs is 1. The van der Waals surface area contributed by atoms with Crippen LogP contribution in [0.25, 0.3) is 5.57 Å². The van der Waals surface area contributed by atoms with Crippen molar-refractivity contribution in [3.63, 3.8) is 0 Å². The Labute approximate surface area is 149 Å². The first-order valence-electron chi connectivity index (χ1n) is 7.78. The van der Waals surface area contributed by atoms with Gasteiger partial charge in [-0.2, -0.15) is 0 Å². The molecule has 2 aromatic heterocycles. The molecule has 1 saturated heterocycles. The van der Waals surface area contributed by atoms with Gasteiger partial charge < -0.3 is 10.0 Å². The Morgan fingerprint density at radius 1 is 1.17 bits per heavy atom. The number of nitrogens with zero attached hydrogens (tertiary/aromatic N) is 3. The van der Waals surface area contributed by atoms with Crippen LogP contribution in [0.1, 0.15) is 12.0 Å². The van der Waals surface area contributed by atoms with Gasteiger partial charge in [0.25, 0.3) is 0 Å². The summed E-state index contributed by atoms with van der Waals surface area (Å²) in [5.41, 5.74) is 2.49. The van der Waals surface area contributed by atoms with Crippen molar-refractivity contribution in [2.45, 2.75) is 6.42 Å². The number of hydrogen-bond donors (Lipinski definition) is 1. The topological polar surface area (TPSA) is 66.3 Å². The first-order chi connectivity index (χ1) is 11.6. The number of carbonyl (C=O) groups is 1. The Morgan fingerprint density at radius 3 is 2.42 bits per heavy atom. The standard InChI is InChI=1S/C13H14N2O2.C5H4BrN/c16-13(17)15-7-11-4-10(5-12(11)8-15)9-2-1-3-14-6-9;6-5-2-1-3-7-4-5/h1-4,6,11-12H,5,7-8H2,(H,16,17);1-4H/t11-,12+;/m0./s1. The highest BCUT2D eigenvalue weighted by Crippen LogP contribution is 2.40. The second-order valence-electron chi connectivity index (χ2n) is 5.92. The van der Waals surface area contributed by atoms with Crippen molar-refractivity contribution in [3.05, 3.63) is 65.2 Å². The van der Waals surface area contributed by atoms with Gasteiger partial charge in [-0.25, -0.2) is 4.79 Å². The summed E-state index contributed by atoms with van der Waals surface area (Å²) in [4.78, 5) is 20.4. The van der Waals surface area contributed by atoms with E-state index in [9.17, 15) is 4.79 Å². The lowest BCUT2D eigenvalue weighted by Crippen LogP contribution is -2.27. The lowest BCUT2D eigenvalue weighted by Gasteiger charge is -2.12. The molecule has 1 fully saturated rings. The van der Waals surface area contributed by atoms with E-state index in [0.717, 1.165) is 10.9 Å². The van der Waals surface area contributed by atoms with E-state index >= 15 is 0 Å². The maximum atomic E-state index is 10.9. The molecule has 0 bridgehead atoms. The minimum atomic E-state index is -0.796. The average molecular weight is 388 g/mol. The Kier molecular flexibility index (Phi) is 5.25. The molecule has 0 saturated carbocycles. The largest absolute Gasteiger partial charge is 0.465 e. The van der Waals surface area contributed by atoms with Crippen molar-refractivity contribution in [2.75, 3.05) is 13.1 Å². The van der Waals surface area contributed by atoms with Crippen LogP contribution in [0.15, 0.2) is 59.6 Å². The molecular formula is C18H18BrN3O2. The Hall–Kier alpha value is -2.21. The van der Waals surface area contributed by atoms with E-state index in [1.54, 1.807) is 18.6 Å². The normalized spacial score (nSPS) is 21.5. The van der Waals surface area contributed by atoms with Crippen LogP contribution in [0.5, 0.6) is 0 Å². The summed E-state index contributed by atoms with van der Waals surface area (Å²) in [7, 11) is 0. The SMILES string of the molecule is Brc1cccnc1.O=C(O)N1C[C@H]2CC(c3cccnc3)=C[C@H]2C1. The van der Waals surface area contributed by atoms with Crippen molar-refractivity contribution in [2.24, 2.45) is 11.8 Å². The van der Waals surface area contributed by atoms with Gasteiger partial charge >= 0.3 is 6.09 Å². The Balaban J connectivity index is 0.000000203. The summed E-state index contributed by atoms with van der Waals surface area (Å²) in [6.07, 6.45) is 9.54. The fraction of sp³-hybridized carbons (Fsp3) is 0.278. The molecule has 1 amide bonds. The molecule has 1 aliphatic carbocycles. The van der Waals surface area contributed by atoms with Gasteiger partial charge in [0.15, 0.2) is 0 Å². The first kappa shape index (κ1) is 16.6. The lowest BCUT2D eigenvalue weighted by atomic mass is 9.99. The van der Waals surface area contributed by atoms with Gasteiger partial charge in [0, 0.05) is 42.3 Å². The third-order valence-corrected chi connectivity index (χ3v) is 4.79. The summed E-state index contributed by atoms with van der Waals surface area (Å²) < 4.78 is 1.02. The van der Waals surface area contributed by atoms with Crippen LogP contribution in [0.4, 0.5) is 4.79 Å². The molecule has 1 aliphatic heterocycles. The lowest BCUT2D eigenvalue weighted by molar-refractivity contribution is 0.153. The number of pyridine rings is 2. The van der Waals surface area contributed by atoms with Gasteiger partial charge in [-0.15, -0.1) is 0 Å². The average Bonchev–Trinajstić information content (AvgIpc) is 3.16. The minimum Gasteiger partial charge on any atom is -0.465 e. The number of amides is 1. The summed E-state index contributed by atoms with van der Waals surface area (Å²) in [6, 6.07) is 7.82. The van der Waals surface area contributed by atoms with E-state index < -0.39 is 6.09 Å². The van der Waals surface area contributed by atoms with Crippen LogP contribution >= 0.6 is 15.9 Å². The van der Waals surface area contributed by atoms with Gasteiger partial charge in [0.1, 0.15) is 0 Å². The van der Waals surface area contributed by atoms with Crippen LogP contribution in [0, 0.1) is 11.8 Å². The third-order valence-electron chi connectivity index (χ3n) is 4.32. The molecule has 2 atom stereocenters. The van der Waals surface area contributed by atoms with Crippen LogP contribution in [0.2, 0.25) is 0 Å². The van der Waals surface area contributed by atoms with Gasteiger partial charge in [0.05, 0.1) is 0 Å². The van der Waals surface area contributed by atoms with E-state index in [4.69, 9.17) is 5.11 Å². The highest BCUT2D eigenvalue weighted by Gasteiger charge is 2.38. The molecule has 1 N–H and O–H groups in total. The molecule has 24 heavy (non-hydrogen) atoms. The molecule has 2 aromatic rings. The van der Waals surface area contributed by atoms with Crippen molar-refractivity contribution in [1.82, 2.24) is 14.9 Å². The van der Waals surface area contributed by atoms with Crippen LogP contribution in [-0.2, 0) is 0 Å². The van der Waals surface area contributed by atoms with Gasteiger partial charge in [0.2, 0.25) is 0 Å². The first-order valence-corrected chi connectivity index (χ1v) is 8.57. The molecule has 0 aromatic carbocycles. The summed E-state index contributed by atoms with van der Waals surface area (Å²) in [5.74, 6) is 0.850. The molecule has 0 radical (unpaired) electrons. The molecular weight excluding hydrogens is 370 g/mol. The second kappa shape index (κ2) is 7.57. The zero-order valence-electron chi connectivity index (χ0n) is 13.0. The summed E-state index contributed by atoms with van der Waals surface area (Å²) >= 11 is 3.25. The smallest absolute Gasteiger partial charge is 0.407 e. The molecule has 4 rings (SSSR count). The fourth-order valence-corrected chi connectivity index (χ4v) is 3.45. The highest BCUT2D eigenvalue weighted by molar-refractivity contribution is 9.10. The van der Waals surface area contributed by atoms with Crippen LogP contribution in [-0.4, -0.2) is 39.2 Å². The second-order valence-corrected chi connectivity index (χ2v) is 6.84. The van der Waals surface area contributed by atoms with Gasteiger partial charge in [-0.05, 0) is 63.5 Å². The van der Waals surface area contributed by atoms with Crippen molar-refractivity contribution in [1.29, 1.82) is 0 Å². The highest BCUT2D eigenvalue weighted by atomic mass is 79.9. The molecule has 0 unspecified atom stereocenters. The molecule has 2 aliphatic rings. The predicted octanol–water partition coefficient (Wildman–Crippen LogP) is 3.94.